The van der Waals surface area contributed by atoms with Gasteiger partial charge in [0.1, 0.15) is 23.4 Å². The number of hydrogen-bond donors (Lipinski definition) is 1. The Labute approximate surface area is 195 Å². The normalized spacial score (nSPS) is 17.0. The summed E-state index contributed by atoms with van der Waals surface area (Å²) in [6.45, 7) is 4.00. The highest BCUT2D eigenvalue weighted by Gasteiger charge is 2.33. The van der Waals surface area contributed by atoms with Crippen molar-refractivity contribution in [1.29, 1.82) is 0 Å². The lowest BCUT2D eigenvalue weighted by molar-refractivity contribution is 0.240. The lowest BCUT2D eigenvalue weighted by Gasteiger charge is -2.20. The predicted molar refractivity (Wildman–Crippen MR) is 133 cm³/mol. The fourth-order valence-electron chi connectivity index (χ4n) is 3.90. The molecular weight excluding hydrogens is 408 g/mol. The number of benzene rings is 3. The molecule has 0 spiro atoms. The van der Waals surface area contributed by atoms with E-state index in [0.717, 1.165) is 45.2 Å². The van der Waals surface area contributed by atoms with Crippen molar-refractivity contribution in [3.63, 3.8) is 0 Å². The molecule has 1 aliphatic heterocycles. The van der Waals surface area contributed by atoms with Crippen LogP contribution < -0.4 is 14.8 Å². The van der Waals surface area contributed by atoms with Gasteiger partial charge in [-0.15, -0.1) is 12.8 Å². The number of terminal acetylenes is 2. The zero-order valence-corrected chi connectivity index (χ0v) is 19.0. The molecule has 4 nitrogen and oxygen atoms in total. The molecule has 2 atom stereocenters. The lowest BCUT2D eigenvalue weighted by Crippen LogP contribution is -2.26. The van der Waals surface area contributed by atoms with Crippen LogP contribution >= 0.6 is 0 Å². The van der Waals surface area contributed by atoms with Crippen LogP contribution in [0.2, 0.25) is 0 Å². The van der Waals surface area contributed by atoms with Gasteiger partial charge in [-0.2, -0.15) is 0 Å². The van der Waals surface area contributed by atoms with E-state index >= 15 is 0 Å². The molecule has 4 rings (SSSR count). The van der Waals surface area contributed by atoms with E-state index in [0.29, 0.717) is 0 Å². The van der Waals surface area contributed by atoms with Gasteiger partial charge < -0.3 is 14.8 Å². The van der Waals surface area contributed by atoms with Gasteiger partial charge >= 0.3 is 0 Å². The molecule has 0 aromatic heterocycles. The summed E-state index contributed by atoms with van der Waals surface area (Å²) in [5.74, 6) is 7.57. The largest absolute Gasteiger partial charge is 0.497 e. The van der Waals surface area contributed by atoms with Crippen LogP contribution in [0.3, 0.4) is 0 Å². The van der Waals surface area contributed by atoms with Gasteiger partial charge in [0.2, 0.25) is 0 Å². The third-order valence-electron chi connectivity index (χ3n) is 5.54. The van der Waals surface area contributed by atoms with E-state index in [-0.39, 0.29) is 18.2 Å². The zero-order valence-electron chi connectivity index (χ0n) is 19.0. The summed E-state index contributed by atoms with van der Waals surface area (Å²) in [7, 11) is 1.64. The highest BCUT2D eigenvalue weighted by molar-refractivity contribution is 6.03. The van der Waals surface area contributed by atoms with Crippen LogP contribution in [-0.2, 0) is 0 Å². The van der Waals surface area contributed by atoms with E-state index in [2.05, 4.69) is 17.2 Å². The van der Waals surface area contributed by atoms with E-state index in [1.807, 2.05) is 80.6 Å². The molecule has 33 heavy (non-hydrogen) atoms. The van der Waals surface area contributed by atoms with Crippen molar-refractivity contribution in [2.75, 3.05) is 7.11 Å². The van der Waals surface area contributed by atoms with Crippen molar-refractivity contribution in [3.05, 3.63) is 94.5 Å². The molecule has 1 aliphatic rings. The van der Waals surface area contributed by atoms with Crippen molar-refractivity contribution in [1.82, 2.24) is 5.32 Å². The minimum Gasteiger partial charge on any atom is -0.497 e. The van der Waals surface area contributed by atoms with E-state index < -0.39 is 0 Å². The number of amidine groups is 1. The molecule has 0 aliphatic carbocycles. The van der Waals surface area contributed by atoms with Crippen molar-refractivity contribution < 1.29 is 9.47 Å². The van der Waals surface area contributed by atoms with Crippen LogP contribution in [0.25, 0.3) is 0 Å². The number of methoxy groups -OCH3 is 1. The molecule has 0 fully saturated rings. The Bertz CT molecular complexity index is 1240. The smallest absolute Gasteiger partial charge is 0.134 e. The Morgan fingerprint density at radius 3 is 2.03 bits per heavy atom. The van der Waals surface area contributed by atoms with E-state index in [1.54, 1.807) is 7.11 Å². The maximum absolute atomic E-state index is 6.10. The molecule has 2 unspecified atom stereocenters. The van der Waals surface area contributed by atoms with Gasteiger partial charge in [-0.3, -0.25) is 4.99 Å². The maximum atomic E-state index is 6.10. The molecule has 0 saturated heterocycles. The highest BCUT2D eigenvalue weighted by atomic mass is 16.5. The van der Waals surface area contributed by atoms with Gasteiger partial charge in [-0.25, -0.2) is 0 Å². The van der Waals surface area contributed by atoms with Gasteiger partial charge in [0, 0.05) is 17.2 Å². The van der Waals surface area contributed by atoms with Crippen LogP contribution in [0.15, 0.2) is 71.7 Å². The monoisotopic (exact) mass is 434 g/mol. The number of nitrogens with one attached hydrogen (secondary N) is 1. The predicted octanol–water partition coefficient (Wildman–Crippen LogP) is 5.28. The fourth-order valence-corrected chi connectivity index (χ4v) is 3.90. The van der Waals surface area contributed by atoms with Crippen LogP contribution in [0.5, 0.6) is 11.5 Å². The Kier molecular flexibility index (Phi) is 6.38. The van der Waals surface area contributed by atoms with Crippen LogP contribution in [-0.4, -0.2) is 19.0 Å². The van der Waals surface area contributed by atoms with E-state index in [4.69, 9.17) is 27.3 Å². The van der Waals surface area contributed by atoms with Crippen molar-refractivity contribution in [3.8, 4) is 36.2 Å². The second kappa shape index (κ2) is 9.55. The van der Waals surface area contributed by atoms with Crippen LogP contribution in [0.4, 0.5) is 0 Å². The lowest BCUT2D eigenvalue weighted by atomic mass is 9.93. The first-order valence-electron chi connectivity index (χ1n) is 10.8. The van der Waals surface area contributed by atoms with Gasteiger partial charge in [0.25, 0.3) is 0 Å². The van der Waals surface area contributed by atoms with Gasteiger partial charge in [0.15, 0.2) is 0 Å². The molecule has 3 aromatic rings. The quantitative estimate of drug-likeness (QED) is 0.537. The summed E-state index contributed by atoms with van der Waals surface area (Å²) in [4.78, 5) is 5.10. The summed E-state index contributed by atoms with van der Waals surface area (Å²) in [5, 5.41) is 3.63. The third kappa shape index (κ3) is 4.71. The van der Waals surface area contributed by atoms with Gasteiger partial charge in [-0.1, -0.05) is 36.1 Å². The van der Waals surface area contributed by atoms with Gasteiger partial charge in [0.05, 0.1) is 24.8 Å². The molecule has 1 N–H and O–H groups in total. The SMILES string of the molecule is C#Cc1ccc(C2N=C(c3ccc(OC)cc3OC(C)C)NC2c2ccc(C#C)cc2)cc1. The minimum absolute atomic E-state index is 0.0112. The number of nitrogens with zero attached hydrogens (tertiary/aromatic N) is 1. The first-order chi connectivity index (χ1) is 16.0. The topological polar surface area (TPSA) is 42.9 Å². The number of aliphatic imine (C=N–C) groups is 1. The molecule has 3 aromatic carbocycles. The zero-order chi connectivity index (χ0) is 23.4. The fraction of sp³-hybridized carbons (Fsp3) is 0.207. The van der Waals surface area contributed by atoms with Crippen molar-refractivity contribution in [2.24, 2.45) is 4.99 Å². The summed E-state index contributed by atoms with van der Waals surface area (Å²) >= 11 is 0. The van der Waals surface area contributed by atoms with Crippen LogP contribution in [0.1, 0.15) is 53.7 Å². The van der Waals surface area contributed by atoms with E-state index in [9.17, 15) is 0 Å². The minimum atomic E-state index is -0.141. The average molecular weight is 435 g/mol. The summed E-state index contributed by atoms with van der Waals surface area (Å²) in [5.41, 5.74) is 4.74. The Balaban J connectivity index is 1.78. The molecule has 1 heterocycles. The Hall–Kier alpha value is -4.15. The summed E-state index contributed by atoms with van der Waals surface area (Å²) < 4.78 is 11.5. The molecule has 0 bridgehead atoms. The Morgan fingerprint density at radius 2 is 1.48 bits per heavy atom. The first kappa shape index (κ1) is 22.1. The van der Waals surface area contributed by atoms with Crippen LogP contribution in [0, 0.1) is 24.7 Å². The molecule has 0 radical (unpaired) electrons. The van der Waals surface area contributed by atoms with Crippen molar-refractivity contribution in [2.45, 2.75) is 32.0 Å². The van der Waals surface area contributed by atoms with Gasteiger partial charge in [-0.05, 0) is 61.4 Å². The average Bonchev–Trinajstić information content (AvgIpc) is 3.29. The standard InChI is InChI=1S/C29H26N2O2/c1-6-20-8-12-22(13-9-20)27-28(23-14-10-21(7-2)11-15-23)31-29(30-27)25-17-16-24(32-5)18-26(25)33-19(3)4/h1-2,8-19,27-28H,3-5H3,(H,30,31). The number of ether oxygens (including phenoxy) is 2. The molecular formula is C29H26N2O2. The first-order valence-corrected chi connectivity index (χ1v) is 10.8. The number of hydrogen-bond acceptors (Lipinski definition) is 4. The van der Waals surface area contributed by atoms with Crippen molar-refractivity contribution >= 4 is 5.84 Å². The Morgan fingerprint density at radius 1 is 0.879 bits per heavy atom. The summed E-state index contributed by atoms with van der Waals surface area (Å²) in [6, 6.07) is 21.5. The molecule has 0 saturated carbocycles. The highest BCUT2D eigenvalue weighted by Crippen LogP contribution is 2.39. The molecule has 4 heteroatoms. The third-order valence-corrected chi connectivity index (χ3v) is 5.54. The maximum Gasteiger partial charge on any atom is 0.134 e. The summed E-state index contributed by atoms with van der Waals surface area (Å²) in [6.07, 6.45) is 11.1. The second-order valence-corrected chi connectivity index (χ2v) is 8.11. The number of rotatable bonds is 6. The molecule has 0 amide bonds. The second-order valence-electron chi connectivity index (χ2n) is 8.11. The van der Waals surface area contributed by atoms with E-state index in [1.165, 1.54) is 0 Å². The molecule has 164 valence electrons.